The number of nitrogens with one attached hydrogen (secondary N) is 1. The first-order chi connectivity index (χ1) is 6.13. The molecule has 6 heteroatoms. The van der Waals surface area contributed by atoms with Crippen molar-refractivity contribution in [1.29, 1.82) is 0 Å². The van der Waals surface area contributed by atoms with Gasteiger partial charge in [0.2, 0.25) is 0 Å². The predicted octanol–water partition coefficient (Wildman–Crippen LogP) is 2.15. The van der Waals surface area contributed by atoms with E-state index in [2.05, 4.69) is 23.1 Å². The fourth-order valence-electron chi connectivity index (χ4n) is 0.711. The number of urea groups is 1. The molecular formula is C7H11N3OS2. The summed E-state index contributed by atoms with van der Waals surface area (Å²) in [5.74, 6) is 0. The third-order valence-electron chi connectivity index (χ3n) is 1.37. The quantitative estimate of drug-likeness (QED) is 0.746. The normalized spacial score (nSPS) is 9.77. The molecule has 1 heterocycles. The SMILES string of the molecule is CCN(S)C(=O)Nc1nc(C)cs1. The van der Waals surface area contributed by atoms with Crippen molar-refractivity contribution in [2.75, 3.05) is 11.9 Å². The van der Waals surface area contributed by atoms with Gasteiger partial charge in [-0.15, -0.1) is 11.3 Å². The maximum absolute atomic E-state index is 11.3. The second-order valence-electron chi connectivity index (χ2n) is 2.44. The van der Waals surface area contributed by atoms with Crippen LogP contribution >= 0.6 is 24.2 Å². The van der Waals surface area contributed by atoms with Crippen molar-refractivity contribution in [3.05, 3.63) is 11.1 Å². The Kier molecular flexibility index (Phi) is 3.56. The number of rotatable bonds is 2. The highest BCUT2D eigenvalue weighted by molar-refractivity contribution is 7.78. The van der Waals surface area contributed by atoms with E-state index in [0.717, 1.165) is 5.69 Å². The van der Waals surface area contributed by atoms with Gasteiger partial charge in [-0.25, -0.2) is 9.78 Å². The largest absolute Gasteiger partial charge is 0.333 e. The first-order valence-corrected chi connectivity index (χ1v) is 5.11. The summed E-state index contributed by atoms with van der Waals surface area (Å²) in [5.41, 5.74) is 0.905. The lowest BCUT2D eigenvalue weighted by Gasteiger charge is -2.11. The van der Waals surface area contributed by atoms with Crippen LogP contribution in [-0.2, 0) is 0 Å². The average Bonchev–Trinajstić information content (AvgIpc) is 2.49. The number of thiol groups is 1. The van der Waals surface area contributed by atoms with Crippen LogP contribution in [0, 0.1) is 6.92 Å². The number of anilines is 1. The molecule has 0 fully saturated rings. The van der Waals surface area contributed by atoms with Gasteiger partial charge < -0.3 is 0 Å². The van der Waals surface area contributed by atoms with Crippen molar-refractivity contribution < 1.29 is 4.79 Å². The van der Waals surface area contributed by atoms with Crippen LogP contribution in [0.5, 0.6) is 0 Å². The number of hydrogen-bond acceptors (Lipinski definition) is 4. The summed E-state index contributed by atoms with van der Waals surface area (Å²) in [6.45, 7) is 4.28. The molecule has 0 aliphatic rings. The smallest absolute Gasteiger partial charge is 0.283 e. The Morgan fingerprint density at radius 1 is 1.85 bits per heavy atom. The van der Waals surface area contributed by atoms with Crippen molar-refractivity contribution in [3.8, 4) is 0 Å². The van der Waals surface area contributed by atoms with Gasteiger partial charge in [0.15, 0.2) is 5.13 Å². The van der Waals surface area contributed by atoms with Crippen LogP contribution in [-0.4, -0.2) is 21.9 Å². The molecule has 1 rings (SSSR count). The van der Waals surface area contributed by atoms with E-state index in [1.807, 2.05) is 19.2 Å². The van der Waals surface area contributed by atoms with E-state index < -0.39 is 0 Å². The Morgan fingerprint density at radius 2 is 2.54 bits per heavy atom. The number of nitrogens with zero attached hydrogens (tertiary/aromatic N) is 2. The first-order valence-electron chi connectivity index (χ1n) is 3.83. The number of aromatic nitrogens is 1. The zero-order chi connectivity index (χ0) is 9.84. The molecule has 0 saturated heterocycles. The lowest BCUT2D eigenvalue weighted by atomic mass is 10.6. The van der Waals surface area contributed by atoms with Crippen molar-refractivity contribution in [1.82, 2.24) is 9.29 Å². The number of thiazole rings is 1. The summed E-state index contributed by atoms with van der Waals surface area (Å²) in [6, 6.07) is -0.250. The van der Waals surface area contributed by atoms with E-state index in [-0.39, 0.29) is 6.03 Å². The second kappa shape index (κ2) is 4.48. The third kappa shape index (κ3) is 2.89. The topological polar surface area (TPSA) is 45.2 Å². The van der Waals surface area contributed by atoms with E-state index in [0.29, 0.717) is 11.7 Å². The maximum Gasteiger partial charge on any atom is 0.333 e. The van der Waals surface area contributed by atoms with E-state index in [9.17, 15) is 4.79 Å². The Balaban J connectivity index is 2.54. The summed E-state index contributed by atoms with van der Waals surface area (Å²) < 4.78 is 1.29. The monoisotopic (exact) mass is 217 g/mol. The highest BCUT2D eigenvalue weighted by Gasteiger charge is 2.08. The lowest BCUT2D eigenvalue weighted by molar-refractivity contribution is 0.240. The Bertz CT molecular complexity index is 300. The van der Waals surface area contributed by atoms with E-state index in [1.54, 1.807) is 0 Å². The molecule has 0 radical (unpaired) electrons. The zero-order valence-corrected chi connectivity index (χ0v) is 9.15. The summed E-state index contributed by atoms with van der Waals surface area (Å²) in [6.07, 6.45) is 0. The zero-order valence-electron chi connectivity index (χ0n) is 7.44. The first kappa shape index (κ1) is 10.3. The van der Waals surface area contributed by atoms with Crippen molar-refractivity contribution in [3.63, 3.8) is 0 Å². The summed E-state index contributed by atoms with van der Waals surface area (Å²) in [5, 5.41) is 5.12. The highest BCUT2D eigenvalue weighted by Crippen LogP contribution is 2.15. The number of carbonyl (C=O) groups is 1. The van der Waals surface area contributed by atoms with E-state index in [4.69, 9.17) is 0 Å². The standard InChI is InChI=1S/C7H11N3OS2/c1-3-10(12)7(11)9-6-8-5(2)4-13-6/h4,12H,3H2,1-2H3,(H,8,9,11). The van der Waals surface area contributed by atoms with Crippen LogP contribution in [0.15, 0.2) is 5.38 Å². The van der Waals surface area contributed by atoms with Crippen molar-refractivity contribution in [2.24, 2.45) is 0 Å². The van der Waals surface area contributed by atoms with Gasteiger partial charge in [-0.3, -0.25) is 9.62 Å². The molecule has 1 aromatic heterocycles. The minimum atomic E-state index is -0.250. The Labute approximate surface area is 86.5 Å². The van der Waals surface area contributed by atoms with Crippen LogP contribution < -0.4 is 5.32 Å². The molecule has 0 spiro atoms. The second-order valence-corrected chi connectivity index (χ2v) is 3.78. The van der Waals surface area contributed by atoms with Gasteiger partial charge in [0.25, 0.3) is 0 Å². The van der Waals surface area contributed by atoms with Crippen LogP contribution in [0.4, 0.5) is 9.93 Å². The third-order valence-corrected chi connectivity index (χ3v) is 2.71. The van der Waals surface area contributed by atoms with E-state index >= 15 is 0 Å². The number of amides is 2. The number of aryl methyl sites for hydroxylation is 1. The number of carbonyl (C=O) groups excluding carboxylic acids is 1. The lowest BCUT2D eigenvalue weighted by Crippen LogP contribution is -2.26. The van der Waals surface area contributed by atoms with Gasteiger partial charge >= 0.3 is 6.03 Å². The van der Waals surface area contributed by atoms with Crippen molar-refractivity contribution in [2.45, 2.75) is 13.8 Å². The highest BCUT2D eigenvalue weighted by atomic mass is 32.1. The number of hydrogen-bond donors (Lipinski definition) is 2. The Morgan fingerprint density at radius 3 is 3.00 bits per heavy atom. The molecular weight excluding hydrogens is 206 g/mol. The fourth-order valence-corrected chi connectivity index (χ4v) is 1.44. The molecule has 0 aliphatic heterocycles. The van der Waals surface area contributed by atoms with Crippen LogP contribution in [0.1, 0.15) is 12.6 Å². The summed E-state index contributed by atoms with van der Waals surface area (Å²) >= 11 is 5.36. The van der Waals surface area contributed by atoms with E-state index in [1.165, 1.54) is 15.6 Å². The molecule has 0 saturated carbocycles. The molecule has 72 valence electrons. The minimum absolute atomic E-state index is 0.250. The Hall–Kier alpha value is -0.750. The molecule has 13 heavy (non-hydrogen) atoms. The average molecular weight is 217 g/mol. The summed E-state index contributed by atoms with van der Waals surface area (Å²) in [4.78, 5) is 15.4. The van der Waals surface area contributed by atoms with Crippen LogP contribution in [0.2, 0.25) is 0 Å². The van der Waals surface area contributed by atoms with Crippen LogP contribution in [0.3, 0.4) is 0 Å². The fraction of sp³-hybridized carbons (Fsp3) is 0.429. The van der Waals surface area contributed by atoms with Gasteiger partial charge in [0, 0.05) is 11.9 Å². The molecule has 0 aliphatic carbocycles. The van der Waals surface area contributed by atoms with Gasteiger partial charge in [0.05, 0.1) is 5.69 Å². The van der Waals surface area contributed by atoms with Gasteiger partial charge in [-0.05, 0) is 13.8 Å². The summed E-state index contributed by atoms with van der Waals surface area (Å²) in [7, 11) is 0. The molecule has 4 nitrogen and oxygen atoms in total. The minimum Gasteiger partial charge on any atom is -0.283 e. The molecule has 1 aromatic rings. The molecule has 2 amide bonds. The van der Waals surface area contributed by atoms with Gasteiger partial charge in [-0.1, -0.05) is 12.8 Å². The molecule has 0 bridgehead atoms. The van der Waals surface area contributed by atoms with Gasteiger partial charge in [0.1, 0.15) is 0 Å². The molecule has 0 atom stereocenters. The molecule has 0 unspecified atom stereocenters. The molecule has 0 aromatic carbocycles. The predicted molar refractivity (Wildman–Crippen MR) is 57.2 cm³/mol. The van der Waals surface area contributed by atoms with Gasteiger partial charge in [-0.2, -0.15) is 0 Å². The van der Waals surface area contributed by atoms with Crippen molar-refractivity contribution >= 4 is 35.3 Å². The molecule has 1 N–H and O–H groups in total. The maximum atomic E-state index is 11.3. The van der Waals surface area contributed by atoms with Crippen LogP contribution in [0.25, 0.3) is 0 Å².